The van der Waals surface area contributed by atoms with Crippen LogP contribution in [0.2, 0.25) is 0 Å². The SMILES string of the molecule is CC(C)N(CCn1ccc2c1CCCC2=O)C(C)C. The molecule has 0 saturated carbocycles. The molecule has 3 nitrogen and oxygen atoms in total. The van der Waals surface area contributed by atoms with Crippen molar-refractivity contribution in [2.24, 2.45) is 0 Å². The Kier molecular flexibility index (Phi) is 4.46. The Bertz CT molecular complexity index is 438. The van der Waals surface area contributed by atoms with Gasteiger partial charge in [-0.15, -0.1) is 0 Å². The van der Waals surface area contributed by atoms with Crippen molar-refractivity contribution in [1.29, 1.82) is 0 Å². The van der Waals surface area contributed by atoms with Crippen LogP contribution in [0.5, 0.6) is 0 Å². The summed E-state index contributed by atoms with van der Waals surface area (Å²) in [7, 11) is 0. The number of Topliss-reactive ketones (excluding diaryl/α,β-unsaturated/α-hetero) is 1. The van der Waals surface area contributed by atoms with Gasteiger partial charge in [0.05, 0.1) is 0 Å². The summed E-state index contributed by atoms with van der Waals surface area (Å²) in [6.45, 7) is 11.0. The minimum Gasteiger partial charge on any atom is -0.349 e. The highest BCUT2D eigenvalue weighted by Gasteiger charge is 2.21. The number of rotatable bonds is 5. The normalized spacial score (nSPS) is 15.6. The molecule has 3 heteroatoms. The number of carbonyl (C=O) groups excluding carboxylic acids is 1. The number of hydrogen-bond acceptors (Lipinski definition) is 2. The smallest absolute Gasteiger partial charge is 0.164 e. The lowest BCUT2D eigenvalue weighted by atomic mass is 9.97. The molecule has 1 heterocycles. The minimum atomic E-state index is 0.324. The maximum atomic E-state index is 11.8. The summed E-state index contributed by atoms with van der Waals surface area (Å²) in [5.74, 6) is 0.324. The van der Waals surface area contributed by atoms with E-state index < -0.39 is 0 Å². The van der Waals surface area contributed by atoms with Crippen molar-refractivity contribution in [2.75, 3.05) is 6.54 Å². The molecule has 1 aromatic rings. The molecular formula is C16H26N2O. The summed E-state index contributed by atoms with van der Waals surface area (Å²) < 4.78 is 2.28. The molecule has 0 radical (unpaired) electrons. The van der Waals surface area contributed by atoms with Gasteiger partial charge in [-0.1, -0.05) is 0 Å². The van der Waals surface area contributed by atoms with E-state index in [1.54, 1.807) is 0 Å². The average Bonchev–Trinajstić information content (AvgIpc) is 2.73. The van der Waals surface area contributed by atoms with Crippen LogP contribution in [0.1, 0.15) is 56.6 Å². The zero-order chi connectivity index (χ0) is 14.0. The van der Waals surface area contributed by atoms with Crippen molar-refractivity contribution in [1.82, 2.24) is 9.47 Å². The second-order valence-electron chi connectivity index (χ2n) is 6.07. The van der Waals surface area contributed by atoms with Gasteiger partial charge in [0.2, 0.25) is 0 Å². The van der Waals surface area contributed by atoms with Gasteiger partial charge in [0.15, 0.2) is 5.78 Å². The fourth-order valence-corrected chi connectivity index (χ4v) is 3.13. The van der Waals surface area contributed by atoms with Crippen molar-refractivity contribution >= 4 is 5.78 Å². The van der Waals surface area contributed by atoms with Crippen LogP contribution in [0.4, 0.5) is 0 Å². The van der Waals surface area contributed by atoms with Gasteiger partial charge in [-0.3, -0.25) is 9.69 Å². The van der Waals surface area contributed by atoms with Gasteiger partial charge in [0.25, 0.3) is 0 Å². The number of aromatic nitrogens is 1. The summed E-state index contributed by atoms with van der Waals surface area (Å²) >= 11 is 0. The maximum Gasteiger partial charge on any atom is 0.164 e. The first-order valence-corrected chi connectivity index (χ1v) is 7.47. The Morgan fingerprint density at radius 3 is 2.53 bits per heavy atom. The molecule has 2 rings (SSSR count). The molecule has 19 heavy (non-hydrogen) atoms. The monoisotopic (exact) mass is 262 g/mol. The van der Waals surface area contributed by atoms with Gasteiger partial charge >= 0.3 is 0 Å². The molecule has 0 bridgehead atoms. The van der Waals surface area contributed by atoms with Crippen LogP contribution in [0.15, 0.2) is 12.3 Å². The number of ketones is 1. The van der Waals surface area contributed by atoms with Gasteiger partial charge < -0.3 is 4.57 Å². The van der Waals surface area contributed by atoms with Crippen molar-refractivity contribution in [3.05, 3.63) is 23.5 Å². The molecule has 0 unspecified atom stereocenters. The topological polar surface area (TPSA) is 25.2 Å². The first kappa shape index (κ1) is 14.3. The molecule has 1 aromatic heterocycles. The molecule has 106 valence electrons. The Hall–Kier alpha value is -1.09. The van der Waals surface area contributed by atoms with E-state index in [9.17, 15) is 4.79 Å². The number of fused-ring (bicyclic) bond motifs is 1. The third kappa shape index (κ3) is 3.08. The molecule has 0 N–H and O–H groups in total. The maximum absolute atomic E-state index is 11.8. The van der Waals surface area contributed by atoms with E-state index in [0.717, 1.165) is 37.9 Å². The molecule has 0 saturated heterocycles. The van der Waals surface area contributed by atoms with Crippen molar-refractivity contribution in [3.8, 4) is 0 Å². The number of carbonyl (C=O) groups is 1. The minimum absolute atomic E-state index is 0.324. The highest BCUT2D eigenvalue weighted by molar-refractivity contribution is 5.98. The first-order valence-electron chi connectivity index (χ1n) is 7.47. The highest BCUT2D eigenvalue weighted by atomic mass is 16.1. The van der Waals surface area contributed by atoms with Crippen molar-refractivity contribution < 1.29 is 4.79 Å². The summed E-state index contributed by atoms with van der Waals surface area (Å²) in [6, 6.07) is 3.13. The second kappa shape index (κ2) is 5.91. The lowest BCUT2D eigenvalue weighted by molar-refractivity contribution is 0.0971. The van der Waals surface area contributed by atoms with E-state index in [1.807, 2.05) is 6.07 Å². The van der Waals surface area contributed by atoms with Gasteiger partial charge in [-0.05, 0) is 46.6 Å². The molecular weight excluding hydrogens is 236 g/mol. The van der Waals surface area contributed by atoms with Gasteiger partial charge in [-0.2, -0.15) is 0 Å². The third-order valence-electron chi connectivity index (χ3n) is 4.12. The highest BCUT2D eigenvalue weighted by Crippen LogP contribution is 2.22. The molecule has 0 fully saturated rings. The quantitative estimate of drug-likeness (QED) is 0.814. The van der Waals surface area contributed by atoms with Gasteiger partial charge in [0, 0.05) is 49.0 Å². The van der Waals surface area contributed by atoms with Crippen LogP contribution in [-0.2, 0) is 13.0 Å². The molecule has 1 aliphatic carbocycles. The van der Waals surface area contributed by atoms with Crippen LogP contribution in [0.3, 0.4) is 0 Å². The van der Waals surface area contributed by atoms with E-state index in [-0.39, 0.29) is 0 Å². The lowest BCUT2D eigenvalue weighted by Gasteiger charge is -2.31. The third-order valence-corrected chi connectivity index (χ3v) is 4.12. The van der Waals surface area contributed by atoms with Gasteiger partial charge in [-0.25, -0.2) is 0 Å². The summed E-state index contributed by atoms with van der Waals surface area (Å²) in [5.41, 5.74) is 2.22. The van der Waals surface area contributed by atoms with Crippen LogP contribution >= 0.6 is 0 Å². The molecule has 0 amide bonds. The van der Waals surface area contributed by atoms with Crippen molar-refractivity contribution in [2.45, 2.75) is 65.6 Å². The van der Waals surface area contributed by atoms with Gasteiger partial charge in [0.1, 0.15) is 0 Å². The Balaban J connectivity index is 2.06. The van der Waals surface area contributed by atoms with E-state index in [4.69, 9.17) is 0 Å². The predicted molar refractivity (Wildman–Crippen MR) is 78.7 cm³/mol. The Morgan fingerprint density at radius 1 is 1.21 bits per heavy atom. The Labute approximate surface area is 116 Å². The standard InChI is InChI=1S/C16H26N2O/c1-12(2)18(13(3)4)11-10-17-9-8-14-15(17)6-5-7-16(14)19/h8-9,12-13H,5-7,10-11H2,1-4H3. The molecule has 0 aliphatic heterocycles. The fourth-order valence-electron chi connectivity index (χ4n) is 3.13. The molecule has 1 aliphatic rings. The van der Waals surface area contributed by atoms with E-state index >= 15 is 0 Å². The van der Waals surface area contributed by atoms with E-state index in [0.29, 0.717) is 17.9 Å². The molecule has 0 spiro atoms. The number of hydrogen-bond donors (Lipinski definition) is 0. The zero-order valence-electron chi connectivity index (χ0n) is 12.6. The lowest BCUT2D eigenvalue weighted by Crippen LogP contribution is -2.39. The summed E-state index contributed by atoms with van der Waals surface area (Å²) in [5, 5.41) is 0. The van der Waals surface area contributed by atoms with Crippen LogP contribution in [-0.4, -0.2) is 33.9 Å². The van der Waals surface area contributed by atoms with E-state index in [1.165, 1.54) is 5.69 Å². The van der Waals surface area contributed by atoms with Crippen LogP contribution in [0, 0.1) is 0 Å². The summed E-state index contributed by atoms with van der Waals surface area (Å²) in [4.78, 5) is 14.3. The number of nitrogens with zero attached hydrogens (tertiary/aromatic N) is 2. The van der Waals surface area contributed by atoms with Crippen LogP contribution in [0.25, 0.3) is 0 Å². The average molecular weight is 262 g/mol. The first-order chi connectivity index (χ1) is 9.00. The largest absolute Gasteiger partial charge is 0.349 e. The van der Waals surface area contributed by atoms with Crippen LogP contribution < -0.4 is 0 Å². The van der Waals surface area contributed by atoms with Crippen molar-refractivity contribution in [3.63, 3.8) is 0 Å². The second-order valence-corrected chi connectivity index (χ2v) is 6.07. The molecule has 0 atom stereocenters. The predicted octanol–water partition coefficient (Wildman–Crippen LogP) is 3.13. The zero-order valence-corrected chi connectivity index (χ0v) is 12.6. The fraction of sp³-hybridized carbons (Fsp3) is 0.688. The van der Waals surface area contributed by atoms with E-state index in [2.05, 4.69) is 43.4 Å². The molecule has 0 aromatic carbocycles. The Morgan fingerprint density at radius 2 is 1.89 bits per heavy atom. The summed E-state index contributed by atoms with van der Waals surface area (Å²) in [6.07, 6.45) is 4.87.